The summed E-state index contributed by atoms with van der Waals surface area (Å²) in [6, 6.07) is 11.6. The third kappa shape index (κ3) is 6.38. The molecular formula is C24H25F3N6O2. The lowest BCUT2D eigenvalue weighted by molar-refractivity contribution is -0.138. The number of anilines is 3. The minimum atomic E-state index is -4.50. The van der Waals surface area contributed by atoms with Gasteiger partial charge >= 0.3 is 12.2 Å². The average molecular weight is 486 g/mol. The Morgan fingerprint density at radius 1 is 1.09 bits per heavy atom. The van der Waals surface area contributed by atoms with Crippen molar-refractivity contribution < 1.29 is 22.7 Å². The van der Waals surface area contributed by atoms with Crippen LogP contribution in [0, 0.1) is 6.92 Å². The van der Waals surface area contributed by atoms with Crippen LogP contribution in [0.15, 0.2) is 54.9 Å². The van der Waals surface area contributed by atoms with Crippen molar-refractivity contribution in [2.45, 2.75) is 26.1 Å². The van der Waals surface area contributed by atoms with Crippen LogP contribution < -0.4 is 25.6 Å². The van der Waals surface area contributed by atoms with Gasteiger partial charge in [-0.25, -0.2) is 14.8 Å². The molecule has 8 nitrogen and oxygen atoms in total. The molecule has 0 radical (unpaired) electrons. The lowest BCUT2D eigenvalue weighted by Gasteiger charge is -2.32. The molecule has 3 N–H and O–H groups in total. The molecule has 4 rings (SSSR count). The van der Waals surface area contributed by atoms with Crippen LogP contribution in [-0.2, 0) is 6.18 Å². The Balaban J connectivity index is 1.36. The number of hydrogen-bond donors (Lipinski definition) is 3. The van der Waals surface area contributed by atoms with Gasteiger partial charge in [0.1, 0.15) is 17.9 Å². The summed E-state index contributed by atoms with van der Waals surface area (Å²) in [5.74, 6) is 1.67. The number of urea groups is 1. The van der Waals surface area contributed by atoms with E-state index >= 15 is 0 Å². The Morgan fingerprint density at radius 3 is 2.51 bits per heavy atom. The van der Waals surface area contributed by atoms with Gasteiger partial charge < -0.3 is 25.6 Å². The Morgan fingerprint density at radius 2 is 1.80 bits per heavy atom. The fraction of sp³-hybridized carbons (Fsp3) is 0.292. The molecule has 2 amide bonds. The van der Waals surface area contributed by atoms with Crippen LogP contribution in [0.4, 0.5) is 35.2 Å². The number of benzene rings is 2. The number of nitrogens with zero attached hydrogens (tertiary/aromatic N) is 3. The predicted molar refractivity (Wildman–Crippen MR) is 127 cm³/mol. The zero-order valence-electron chi connectivity index (χ0n) is 19.2. The number of rotatable bonds is 5. The van der Waals surface area contributed by atoms with E-state index in [1.807, 2.05) is 0 Å². The first-order valence-electron chi connectivity index (χ1n) is 11.0. The van der Waals surface area contributed by atoms with Crippen LogP contribution in [0.5, 0.6) is 11.6 Å². The van der Waals surface area contributed by atoms with Gasteiger partial charge in [-0.3, -0.25) is 0 Å². The zero-order valence-corrected chi connectivity index (χ0v) is 19.2. The predicted octanol–water partition coefficient (Wildman–Crippen LogP) is 5.04. The molecule has 1 saturated heterocycles. The number of aryl methyl sites for hydroxylation is 1. The molecule has 1 unspecified atom stereocenters. The van der Waals surface area contributed by atoms with Crippen molar-refractivity contribution in [3.8, 4) is 11.6 Å². The van der Waals surface area contributed by atoms with Gasteiger partial charge in [-0.2, -0.15) is 13.2 Å². The first-order chi connectivity index (χ1) is 16.7. The topological polar surface area (TPSA) is 91.4 Å². The molecule has 0 bridgehead atoms. The summed E-state index contributed by atoms with van der Waals surface area (Å²) in [6.45, 7) is 6.02. The fourth-order valence-corrected chi connectivity index (χ4v) is 3.72. The molecule has 11 heteroatoms. The van der Waals surface area contributed by atoms with Crippen LogP contribution in [0.1, 0.15) is 18.1 Å². The van der Waals surface area contributed by atoms with Crippen molar-refractivity contribution in [1.82, 2.24) is 15.3 Å². The first-order valence-corrected chi connectivity index (χ1v) is 11.0. The number of ether oxygens (including phenoxy) is 1. The largest absolute Gasteiger partial charge is 0.439 e. The molecule has 1 fully saturated rings. The fourth-order valence-electron chi connectivity index (χ4n) is 3.72. The second-order valence-corrected chi connectivity index (χ2v) is 8.25. The van der Waals surface area contributed by atoms with E-state index in [1.54, 1.807) is 30.3 Å². The van der Waals surface area contributed by atoms with Crippen molar-refractivity contribution in [3.05, 3.63) is 66.0 Å². The lowest BCUT2D eigenvalue weighted by atomic mass is 10.1. The van der Waals surface area contributed by atoms with Gasteiger partial charge in [-0.1, -0.05) is 6.07 Å². The number of nitrogens with one attached hydrogen (secondary N) is 3. The van der Waals surface area contributed by atoms with Crippen LogP contribution >= 0.6 is 0 Å². The summed E-state index contributed by atoms with van der Waals surface area (Å²) < 4.78 is 45.1. The van der Waals surface area contributed by atoms with Crippen LogP contribution in [-0.4, -0.2) is 41.7 Å². The van der Waals surface area contributed by atoms with Gasteiger partial charge in [0.15, 0.2) is 0 Å². The number of amides is 2. The molecule has 2 heterocycles. The van der Waals surface area contributed by atoms with Gasteiger partial charge in [0.05, 0.1) is 5.56 Å². The van der Waals surface area contributed by atoms with Gasteiger partial charge in [-0.05, 0) is 55.8 Å². The van der Waals surface area contributed by atoms with Crippen molar-refractivity contribution in [1.29, 1.82) is 0 Å². The molecule has 184 valence electrons. The standard InChI is InChI=1S/C24H25F3N6O2/c1-15-3-4-18(11-20(15)24(25,26)27)32-23(34)31-17-5-7-19(8-6-17)35-22-12-21(29-14-30-22)33-10-9-28-16(2)13-33/h3-8,11-12,14,16,28H,9-10,13H2,1-2H3,(H2,31,32,34). The highest BCUT2D eigenvalue weighted by Crippen LogP contribution is 2.33. The molecule has 0 spiro atoms. The quantitative estimate of drug-likeness (QED) is 0.468. The van der Waals surface area contributed by atoms with E-state index in [-0.39, 0.29) is 11.3 Å². The molecule has 1 atom stereocenters. The normalized spacial score (nSPS) is 16.0. The molecule has 1 aliphatic rings. The van der Waals surface area contributed by atoms with Gasteiger partial charge in [0.25, 0.3) is 0 Å². The summed E-state index contributed by atoms with van der Waals surface area (Å²) in [5.41, 5.74) is -0.233. The Bertz CT molecular complexity index is 1190. The Kier molecular flexibility index (Phi) is 7.06. The van der Waals surface area contributed by atoms with E-state index in [1.165, 1.54) is 25.4 Å². The van der Waals surface area contributed by atoms with E-state index in [4.69, 9.17) is 4.74 Å². The minimum Gasteiger partial charge on any atom is -0.439 e. The molecule has 0 aliphatic carbocycles. The highest BCUT2D eigenvalue weighted by atomic mass is 19.4. The monoisotopic (exact) mass is 486 g/mol. The van der Waals surface area contributed by atoms with Crippen LogP contribution in [0.2, 0.25) is 0 Å². The van der Waals surface area contributed by atoms with Crippen molar-refractivity contribution in [2.75, 3.05) is 35.2 Å². The number of carbonyl (C=O) groups excluding carboxylic acids is 1. The number of halogens is 3. The molecule has 1 aliphatic heterocycles. The number of piperazine rings is 1. The molecular weight excluding hydrogens is 461 g/mol. The third-order valence-corrected chi connectivity index (χ3v) is 5.46. The van der Waals surface area contributed by atoms with Gasteiger partial charge in [0.2, 0.25) is 5.88 Å². The van der Waals surface area contributed by atoms with E-state index in [0.29, 0.717) is 23.4 Å². The summed E-state index contributed by atoms with van der Waals surface area (Å²) in [6.07, 6.45) is -3.05. The smallest absolute Gasteiger partial charge is 0.416 e. The summed E-state index contributed by atoms with van der Waals surface area (Å²) in [5, 5.41) is 8.39. The van der Waals surface area contributed by atoms with E-state index in [2.05, 4.69) is 37.7 Å². The van der Waals surface area contributed by atoms with E-state index in [9.17, 15) is 18.0 Å². The van der Waals surface area contributed by atoms with Gasteiger partial charge in [0, 0.05) is 43.1 Å². The third-order valence-electron chi connectivity index (χ3n) is 5.46. The van der Waals surface area contributed by atoms with Gasteiger partial charge in [-0.15, -0.1) is 0 Å². The second-order valence-electron chi connectivity index (χ2n) is 8.25. The number of hydrogen-bond acceptors (Lipinski definition) is 6. The second kappa shape index (κ2) is 10.2. The number of carbonyl (C=O) groups is 1. The number of alkyl halides is 3. The highest BCUT2D eigenvalue weighted by molar-refractivity contribution is 5.99. The molecule has 2 aromatic carbocycles. The number of aromatic nitrogens is 2. The Labute approximate surface area is 200 Å². The molecule has 3 aromatic rings. The zero-order chi connectivity index (χ0) is 25.0. The maximum absolute atomic E-state index is 13.1. The molecule has 35 heavy (non-hydrogen) atoms. The minimum absolute atomic E-state index is 0.0406. The van der Waals surface area contributed by atoms with E-state index in [0.717, 1.165) is 31.5 Å². The van der Waals surface area contributed by atoms with Crippen LogP contribution in [0.3, 0.4) is 0 Å². The Hall–Kier alpha value is -3.86. The summed E-state index contributed by atoms with van der Waals surface area (Å²) in [7, 11) is 0. The molecule has 0 saturated carbocycles. The first kappa shape index (κ1) is 24.3. The maximum atomic E-state index is 13.1. The molecule has 1 aromatic heterocycles. The SMILES string of the molecule is Cc1ccc(NC(=O)Nc2ccc(Oc3cc(N4CCNC(C)C4)ncn3)cc2)cc1C(F)(F)F. The van der Waals surface area contributed by atoms with Crippen molar-refractivity contribution >= 4 is 23.2 Å². The maximum Gasteiger partial charge on any atom is 0.416 e. The van der Waals surface area contributed by atoms with E-state index < -0.39 is 17.8 Å². The van der Waals surface area contributed by atoms with Crippen molar-refractivity contribution in [3.63, 3.8) is 0 Å². The van der Waals surface area contributed by atoms with Crippen LogP contribution in [0.25, 0.3) is 0 Å². The van der Waals surface area contributed by atoms with Crippen molar-refractivity contribution in [2.24, 2.45) is 0 Å². The highest BCUT2D eigenvalue weighted by Gasteiger charge is 2.32. The average Bonchev–Trinajstić information content (AvgIpc) is 2.81. The lowest BCUT2D eigenvalue weighted by Crippen LogP contribution is -2.49. The summed E-state index contributed by atoms with van der Waals surface area (Å²) >= 11 is 0. The summed E-state index contributed by atoms with van der Waals surface area (Å²) in [4.78, 5) is 22.9.